The van der Waals surface area contributed by atoms with Crippen molar-refractivity contribution in [2.24, 2.45) is 0 Å². The first-order valence-corrected chi connectivity index (χ1v) is 6.16. The second-order valence-corrected chi connectivity index (χ2v) is 4.59. The third kappa shape index (κ3) is 3.65. The Balaban J connectivity index is 1.82. The third-order valence-electron chi connectivity index (χ3n) is 3.16. The maximum atomic E-state index is 10.5. The molecule has 0 spiro atoms. The molecule has 1 saturated heterocycles. The zero-order valence-corrected chi connectivity index (χ0v) is 10.3. The van der Waals surface area contributed by atoms with Crippen molar-refractivity contribution in [3.8, 4) is 0 Å². The SMILES string of the molecule is CC1CN(CCc2ccc(C=O)cc2)CCO1. The Hall–Kier alpha value is -1.19. The van der Waals surface area contributed by atoms with Crippen LogP contribution >= 0.6 is 0 Å². The van der Waals surface area contributed by atoms with E-state index in [0.717, 1.165) is 44.5 Å². The second kappa shape index (κ2) is 5.94. The lowest BCUT2D eigenvalue weighted by Crippen LogP contribution is -2.41. The molecule has 17 heavy (non-hydrogen) atoms. The van der Waals surface area contributed by atoms with Crippen molar-refractivity contribution in [2.45, 2.75) is 19.4 Å². The van der Waals surface area contributed by atoms with Crippen LogP contribution in [0, 0.1) is 0 Å². The van der Waals surface area contributed by atoms with Crippen molar-refractivity contribution >= 4 is 6.29 Å². The molecule has 0 saturated carbocycles. The van der Waals surface area contributed by atoms with Gasteiger partial charge in [0.15, 0.2) is 0 Å². The van der Waals surface area contributed by atoms with Gasteiger partial charge >= 0.3 is 0 Å². The summed E-state index contributed by atoms with van der Waals surface area (Å²) in [6.07, 6.45) is 2.26. The summed E-state index contributed by atoms with van der Waals surface area (Å²) in [6, 6.07) is 7.83. The number of carbonyl (C=O) groups is 1. The minimum atomic E-state index is 0.348. The molecule has 0 radical (unpaired) electrons. The molecule has 3 heteroatoms. The first kappa shape index (κ1) is 12.3. The molecular formula is C14H19NO2. The number of ether oxygens (including phenoxy) is 1. The minimum Gasteiger partial charge on any atom is -0.376 e. The van der Waals surface area contributed by atoms with Gasteiger partial charge in [0, 0.05) is 25.2 Å². The van der Waals surface area contributed by atoms with E-state index in [0.29, 0.717) is 6.10 Å². The van der Waals surface area contributed by atoms with Gasteiger partial charge in [0.25, 0.3) is 0 Å². The first-order chi connectivity index (χ1) is 8.28. The van der Waals surface area contributed by atoms with Crippen LogP contribution in [0.4, 0.5) is 0 Å². The number of aldehydes is 1. The first-order valence-electron chi connectivity index (χ1n) is 6.16. The summed E-state index contributed by atoms with van der Waals surface area (Å²) in [4.78, 5) is 13.0. The van der Waals surface area contributed by atoms with E-state index in [1.165, 1.54) is 5.56 Å². The number of hydrogen-bond donors (Lipinski definition) is 0. The Bertz CT molecular complexity index is 361. The maximum Gasteiger partial charge on any atom is 0.150 e. The minimum absolute atomic E-state index is 0.348. The van der Waals surface area contributed by atoms with E-state index >= 15 is 0 Å². The molecule has 0 bridgehead atoms. The Morgan fingerprint density at radius 3 is 2.82 bits per heavy atom. The fraction of sp³-hybridized carbons (Fsp3) is 0.500. The molecule has 0 amide bonds. The van der Waals surface area contributed by atoms with Crippen molar-refractivity contribution < 1.29 is 9.53 Å². The van der Waals surface area contributed by atoms with Crippen LogP contribution in [0.15, 0.2) is 24.3 Å². The van der Waals surface area contributed by atoms with Crippen LogP contribution in [0.3, 0.4) is 0 Å². The Morgan fingerprint density at radius 1 is 1.41 bits per heavy atom. The van der Waals surface area contributed by atoms with Gasteiger partial charge in [-0.05, 0) is 18.9 Å². The van der Waals surface area contributed by atoms with Crippen LogP contribution in [0.5, 0.6) is 0 Å². The highest BCUT2D eigenvalue weighted by atomic mass is 16.5. The van der Waals surface area contributed by atoms with Crippen molar-refractivity contribution in [1.29, 1.82) is 0 Å². The lowest BCUT2D eigenvalue weighted by atomic mass is 10.1. The van der Waals surface area contributed by atoms with E-state index in [1.807, 2.05) is 24.3 Å². The van der Waals surface area contributed by atoms with Gasteiger partial charge in [-0.25, -0.2) is 0 Å². The monoisotopic (exact) mass is 233 g/mol. The van der Waals surface area contributed by atoms with Gasteiger partial charge in [-0.3, -0.25) is 9.69 Å². The second-order valence-electron chi connectivity index (χ2n) is 4.59. The smallest absolute Gasteiger partial charge is 0.150 e. The number of carbonyl (C=O) groups excluding carboxylic acids is 1. The summed E-state index contributed by atoms with van der Waals surface area (Å²) in [5.41, 5.74) is 2.03. The summed E-state index contributed by atoms with van der Waals surface area (Å²) in [5.74, 6) is 0. The van der Waals surface area contributed by atoms with E-state index in [4.69, 9.17) is 4.74 Å². The fourth-order valence-corrected chi connectivity index (χ4v) is 2.14. The van der Waals surface area contributed by atoms with E-state index in [1.54, 1.807) is 0 Å². The number of hydrogen-bond acceptors (Lipinski definition) is 3. The highest BCUT2D eigenvalue weighted by Crippen LogP contribution is 2.08. The van der Waals surface area contributed by atoms with Crippen molar-refractivity contribution in [1.82, 2.24) is 4.90 Å². The highest BCUT2D eigenvalue weighted by Gasteiger charge is 2.15. The van der Waals surface area contributed by atoms with Gasteiger partial charge in [-0.1, -0.05) is 24.3 Å². The predicted molar refractivity (Wildman–Crippen MR) is 67.4 cm³/mol. The van der Waals surface area contributed by atoms with Crippen molar-refractivity contribution in [2.75, 3.05) is 26.2 Å². The van der Waals surface area contributed by atoms with Crippen LogP contribution in [0.25, 0.3) is 0 Å². The summed E-state index contributed by atoms with van der Waals surface area (Å²) >= 11 is 0. The van der Waals surface area contributed by atoms with E-state index in [9.17, 15) is 4.79 Å². The molecule has 1 aliphatic rings. The Labute approximate surface area is 102 Å². The number of rotatable bonds is 4. The molecule has 0 aliphatic carbocycles. The normalized spacial score (nSPS) is 21.4. The molecule has 3 nitrogen and oxygen atoms in total. The van der Waals surface area contributed by atoms with Crippen molar-refractivity contribution in [3.05, 3.63) is 35.4 Å². The highest BCUT2D eigenvalue weighted by molar-refractivity contribution is 5.74. The molecular weight excluding hydrogens is 214 g/mol. The van der Waals surface area contributed by atoms with Crippen LogP contribution in [-0.4, -0.2) is 43.5 Å². The fourth-order valence-electron chi connectivity index (χ4n) is 2.14. The van der Waals surface area contributed by atoms with E-state index < -0.39 is 0 Å². The van der Waals surface area contributed by atoms with Crippen LogP contribution in [-0.2, 0) is 11.2 Å². The molecule has 92 valence electrons. The predicted octanol–water partition coefficient (Wildman–Crippen LogP) is 1.76. The number of morpholine rings is 1. The average Bonchev–Trinajstić information content (AvgIpc) is 2.37. The van der Waals surface area contributed by atoms with E-state index in [-0.39, 0.29) is 0 Å². The summed E-state index contributed by atoms with van der Waals surface area (Å²) in [6.45, 7) is 6.06. The molecule has 0 N–H and O–H groups in total. The van der Waals surface area contributed by atoms with E-state index in [2.05, 4.69) is 11.8 Å². The lowest BCUT2D eigenvalue weighted by Gasteiger charge is -2.31. The quantitative estimate of drug-likeness (QED) is 0.742. The van der Waals surface area contributed by atoms with Gasteiger partial charge in [0.1, 0.15) is 6.29 Å². The lowest BCUT2D eigenvalue weighted by molar-refractivity contribution is -0.0177. The van der Waals surface area contributed by atoms with Gasteiger partial charge in [-0.15, -0.1) is 0 Å². The molecule has 1 aliphatic heterocycles. The Kier molecular flexibility index (Phi) is 4.29. The van der Waals surface area contributed by atoms with Crippen LogP contribution in [0.1, 0.15) is 22.8 Å². The van der Waals surface area contributed by atoms with Gasteiger partial charge in [0.05, 0.1) is 12.7 Å². The average molecular weight is 233 g/mol. The zero-order valence-electron chi connectivity index (χ0n) is 10.3. The third-order valence-corrected chi connectivity index (χ3v) is 3.16. The molecule has 1 unspecified atom stereocenters. The Morgan fingerprint density at radius 2 is 2.18 bits per heavy atom. The van der Waals surface area contributed by atoms with Crippen LogP contribution in [0.2, 0.25) is 0 Å². The molecule has 1 heterocycles. The topological polar surface area (TPSA) is 29.5 Å². The molecule has 2 rings (SSSR count). The standard InChI is InChI=1S/C14H19NO2/c1-12-10-15(8-9-17-12)7-6-13-2-4-14(11-16)5-3-13/h2-5,11-12H,6-10H2,1H3. The molecule has 0 aromatic heterocycles. The molecule has 1 atom stereocenters. The van der Waals surface area contributed by atoms with Crippen molar-refractivity contribution in [3.63, 3.8) is 0 Å². The molecule has 1 aromatic rings. The van der Waals surface area contributed by atoms with Gasteiger partial charge in [0.2, 0.25) is 0 Å². The maximum absolute atomic E-state index is 10.5. The molecule has 1 fully saturated rings. The summed E-state index contributed by atoms with van der Waals surface area (Å²) in [7, 11) is 0. The van der Waals surface area contributed by atoms with Crippen LogP contribution < -0.4 is 0 Å². The largest absolute Gasteiger partial charge is 0.376 e. The summed E-state index contributed by atoms with van der Waals surface area (Å²) < 4.78 is 5.51. The number of benzene rings is 1. The number of nitrogens with zero attached hydrogens (tertiary/aromatic N) is 1. The van der Waals surface area contributed by atoms with Gasteiger partial charge in [-0.2, -0.15) is 0 Å². The zero-order chi connectivity index (χ0) is 12.1. The molecule has 1 aromatic carbocycles. The summed E-state index contributed by atoms with van der Waals surface area (Å²) in [5, 5.41) is 0. The van der Waals surface area contributed by atoms with Gasteiger partial charge < -0.3 is 4.74 Å².